The maximum absolute atomic E-state index is 13.3. The number of nitrogens with one attached hydrogen (secondary N) is 1. The average Bonchev–Trinajstić information content (AvgIpc) is 2.87. The van der Waals surface area contributed by atoms with Crippen molar-refractivity contribution in [2.24, 2.45) is 5.41 Å². The van der Waals surface area contributed by atoms with Gasteiger partial charge in [-0.05, 0) is 43.2 Å². The van der Waals surface area contributed by atoms with Crippen molar-refractivity contribution in [3.05, 3.63) is 54.1 Å². The molecule has 1 aromatic rings. The number of carbonyl (C=O) groups excluding carboxylic acids is 2. The summed E-state index contributed by atoms with van der Waals surface area (Å²) in [5.74, 6) is -1.81. The number of fused-ring (bicyclic) bond motifs is 1. The molecule has 1 amide bonds. The van der Waals surface area contributed by atoms with Crippen LogP contribution in [0.25, 0.3) is 5.57 Å². The molecule has 3 rings (SSSR count). The van der Waals surface area contributed by atoms with E-state index in [2.05, 4.69) is 11.9 Å². The molecule has 1 aliphatic heterocycles. The summed E-state index contributed by atoms with van der Waals surface area (Å²) in [6.45, 7) is 13.5. The van der Waals surface area contributed by atoms with Gasteiger partial charge in [0.25, 0.3) is 5.91 Å². The lowest BCUT2D eigenvalue weighted by atomic mass is 9.93. The van der Waals surface area contributed by atoms with Gasteiger partial charge in [0.1, 0.15) is 18.3 Å². The summed E-state index contributed by atoms with van der Waals surface area (Å²) in [7, 11) is 1.38. The van der Waals surface area contributed by atoms with Crippen LogP contribution in [-0.4, -0.2) is 60.2 Å². The second kappa shape index (κ2) is 10.1. The Morgan fingerprint density at radius 1 is 1.29 bits per heavy atom. The fraction of sp³-hybridized carbons (Fsp3) is 0.556. The summed E-state index contributed by atoms with van der Waals surface area (Å²) >= 11 is 0. The fourth-order valence-corrected chi connectivity index (χ4v) is 4.38. The molecule has 0 radical (unpaired) electrons. The fourth-order valence-electron chi connectivity index (χ4n) is 4.38. The van der Waals surface area contributed by atoms with Gasteiger partial charge in [0.05, 0.1) is 6.04 Å². The minimum absolute atomic E-state index is 0.112. The number of methoxy groups -OCH3 is 1. The van der Waals surface area contributed by atoms with Crippen molar-refractivity contribution in [2.45, 2.75) is 83.7 Å². The van der Waals surface area contributed by atoms with Crippen molar-refractivity contribution >= 4 is 17.3 Å². The van der Waals surface area contributed by atoms with E-state index in [-0.39, 0.29) is 11.2 Å². The number of Topliss-reactive ketones (excluding diaryl/α,β-unsaturated/α-hetero) is 1. The van der Waals surface area contributed by atoms with E-state index in [1.807, 2.05) is 51.1 Å². The smallest absolute Gasteiger partial charge is 0.252 e. The van der Waals surface area contributed by atoms with Crippen LogP contribution in [0.5, 0.6) is 0 Å². The SMILES string of the molecule is C=C1C(=O)C(NC(=O)[C@H](OC)[C@@H]2OC(C)(C)O[C@H](/C=C/C(C)(C)C)[C@@H]2O)CCc2ccccc21. The Labute approximate surface area is 202 Å². The number of amides is 1. The molecular weight excluding hydrogens is 434 g/mol. The van der Waals surface area contributed by atoms with Crippen molar-refractivity contribution < 1.29 is 28.9 Å². The van der Waals surface area contributed by atoms with Gasteiger partial charge in [-0.15, -0.1) is 0 Å². The van der Waals surface area contributed by atoms with E-state index >= 15 is 0 Å². The number of rotatable bonds is 5. The van der Waals surface area contributed by atoms with Crippen molar-refractivity contribution in [1.29, 1.82) is 0 Å². The summed E-state index contributed by atoms with van der Waals surface area (Å²) in [4.78, 5) is 26.4. The van der Waals surface area contributed by atoms with E-state index in [0.717, 1.165) is 11.1 Å². The highest BCUT2D eigenvalue weighted by atomic mass is 16.7. The van der Waals surface area contributed by atoms with E-state index in [9.17, 15) is 14.7 Å². The summed E-state index contributed by atoms with van der Waals surface area (Å²) in [6.07, 6.45) is 0.847. The van der Waals surface area contributed by atoms with Crippen LogP contribution in [-0.2, 0) is 30.2 Å². The predicted molar refractivity (Wildman–Crippen MR) is 130 cm³/mol. The van der Waals surface area contributed by atoms with Gasteiger partial charge < -0.3 is 24.6 Å². The number of aryl methyl sites for hydroxylation is 1. The van der Waals surface area contributed by atoms with Gasteiger partial charge in [-0.1, -0.05) is 63.8 Å². The molecule has 0 spiro atoms. The first kappa shape index (κ1) is 26.3. The third-order valence-electron chi connectivity index (χ3n) is 6.08. The van der Waals surface area contributed by atoms with Crippen LogP contribution in [0.3, 0.4) is 0 Å². The third-order valence-corrected chi connectivity index (χ3v) is 6.08. The van der Waals surface area contributed by atoms with E-state index in [0.29, 0.717) is 18.4 Å². The highest BCUT2D eigenvalue weighted by Gasteiger charge is 2.48. The molecule has 1 heterocycles. The molecule has 186 valence electrons. The maximum atomic E-state index is 13.3. The summed E-state index contributed by atoms with van der Waals surface area (Å²) in [6, 6.07) is 6.89. The number of hydrogen-bond donors (Lipinski definition) is 2. The first-order chi connectivity index (χ1) is 15.8. The molecule has 0 aromatic heterocycles. The summed E-state index contributed by atoms with van der Waals surface area (Å²) in [5, 5.41) is 13.8. The number of aliphatic hydroxyl groups excluding tert-OH is 1. The zero-order valence-corrected chi connectivity index (χ0v) is 21.0. The topological polar surface area (TPSA) is 94.1 Å². The number of carbonyl (C=O) groups is 2. The van der Waals surface area contributed by atoms with Gasteiger partial charge in [-0.2, -0.15) is 0 Å². The van der Waals surface area contributed by atoms with Gasteiger partial charge in [0.15, 0.2) is 17.7 Å². The molecule has 7 nitrogen and oxygen atoms in total. The van der Waals surface area contributed by atoms with Gasteiger partial charge >= 0.3 is 0 Å². The van der Waals surface area contributed by atoms with Gasteiger partial charge in [-0.3, -0.25) is 9.59 Å². The van der Waals surface area contributed by atoms with E-state index in [1.54, 1.807) is 19.9 Å². The van der Waals surface area contributed by atoms with E-state index in [4.69, 9.17) is 14.2 Å². The molecule has 7 heteroatoms. The van der Waals surface area contributed by atoms with Crippen LogP contribution in [0.2, 0.25) is 0 Å². The average molecular weight is 472 g/mol. The lowest BCUT2D eigenvalue weighted by molar-refractivity contribution is -0.334. The third kappa shape index (κ3) is 6.02. The molecule has 1 unspecified atom stereocenters. The van der Waals surface area contributed by atoms with E-state index < -0.39 is 42.2 Å². The second-order valence-electron chi connectivity index (χ2n) is 10.5. The molecule has 2 aliphatic rings. The number of aliphatic hydroxyl groups is 1. The highest BCUT2D eigenvalue weighted by molar-refractivity contribution is 6.23. The molecule has 1 fully saturated rings. The summed E-state index contributed by atoms with van der Waals surface area (Å²) in [5.41, 5.74) is 2.10. The van der Waals surface area contributed by atoms with Crippen molar-refractivity contribution in [1.82, 2.24) is 5.32 Å². The standard InChI is InChI=1S/C27H37NO6/c1-16-18-11-9-8-10-17(18)12-13-19(21(16)29)28-25(31)24(32-7)23-22(30)20(14-15-26(2,3)4)33-27(5,6)34-23/h8-11,14-15,19-20,22-24,30H,1,12-13H2,2-7H3,(H,28,31)/b15-14+/t19?,20-,22+,23-,24-/m1/s1. The van der Waals surface area contributed by atoms with Crippen LogP contribution >= 0.6 is 0 Å². The molecule has 5 atom stereocenters. The quantitative estimate of drug-likeness (QED) is 0.389. The van der Waals surface area contributed by atoms with Crippen LogP contribution in [0, 0.1) is 5.41 Å². The van der Waals surface area contributed by atoms with E-state index in [1.165, 1.54) is 7.11 Å². The molecule has 34 heavy (non-hydrogen) atoms. The van der Waals surface area contributed by atoms with Gasteiger partial charge in [0.2, 0.25) is 0 Å². The lowest BCUT2D eigenvalue weighted by Gasteiger charge is -2.45. The Hall–Kier alpha value is -2.32. The number of allylic oxidation sites excluding steroid dienone is 1. The lowest BCUT2D eigenvalue weighted by Crippen LogP contribution is -2.61. The Morgan fingerprint density at radius 3 is 2.62 bits per heavy atom. The Kier molecular flexibility index (Phi) is 7.82. The largest absolute Gasteiger partial charge is 0.387 e. The van der Waals surface area contributed by atoms with Crippen molar-refractivity contribution in [3.63, 3.8) is 0 Å². The second-order valence-corrected chi connectivity index (χ2v) is 10.5. The predicted octanol–water partition coefficient (Wildman–Crippen LogP) is 3.20. The van der Waals surface area contributed by atoms with Crippen LogP contribution < -0.4 is 5.32 Å². The molecule has 0 saturated carbocycles. The number of ketones is 1. The number of hydrogen-bond acceptors (Lipinski definition) is 6. The van der Waals surface area contributed by atoms with Gasteiger partial charge in [0, 0.05) is 12.7 Å². The van der Waals surface area contributed by atoms with Crippen LogP contribution in [0.4, 0.5) is 0 Å². The Morgan fingerprint density at radius 2 is 1.97 bits per heavy atom. The molecule has 1 aromatic carbocycles. The zero-order valence-electron chi connectivity index (χ0n) is 21.0. The Balaban J connectivity index is 1.78. The monoisotopic (exact) mass is 471 g/mol. The van der Waals surface area contributed by atoms with Crippen molar-refractivity contribution in [2.75, 3.05) is 7.11 Å². The van der Waals surface area contributed by atoms with Crippen LogP contribution in [0.1, 0.15) is 52.2 Å². The Bertz CT molecular complexity index is 960. The normalized spacial score (nSPS) is 28.3. The molecule has 0 bridgehead atoms. The molecule has 2 N–H and O–H groups in total. The maximum Gasteiger partial charge on any atom is 0.252 e. The summed E-state index contributed by atoms with van der Waals surface area (Å²) < 4.78 is 17.3. The van der Waals surface area contributed by atoms with Gasteiger partial charge in [-0.25, -0.2) is 0 Å². The first-order valence-electron chi connectivity index (χ1n) is 11.7. The molecule has 1 aliphatic carbocycles. The minimum atomic E-state index is -1.15. The number of ether oxygens (including phenoxy) is 3. The van der Waals surface area contributed by atoms with Crippen LogP contribution in [0.15, 0.2) is 43.0 Å². The van der Waals surface area contributed by atoms with Crippen molar-refractivity contribution in [3.8, 4) is 0 Å². The zero-order chi connectivity index (χ0) is 25.3. The minimum Gasteiger partial charge on any atom is -0.387 e. The molecule has 1 saturated heterocycles. The number of benzene rings is 1. The highest BCUT2D eigenvalue weighted by Crippen LogP contribution is 2.32. The first-order valence-corrected chi connectivity index (χ1v) is 11.7. The molecular formula is C27H37NO6.